The zero-order chi connectivity index (χ0) is 17.0. The molecule has 126 valence electrons. The van der Waals surface area contributed by atoms with Crippen LogP contribution in [0.1, 0.15) is 25.5 Å². The molecule has 1 aromatic carbocycles. The van der Waals surface area contributed by atoms with Crippen LogP contribution in [0.2, 0.25) is 0 Å². The molecular formula is C15H21N3O4S. The normalized spacial score (nSPS) is 12.9. The molecule has 0 amide bonds. The molecule has 0 aliphatic heterocycles. The molecule has 0 aliphatic rings. The largest absolute Gasteiger partial charge is 0.493 e. The van der Waals surface area contributed by atoms with Crippen molar-refractivity contribution in [2.75, 3.05) is 13.7 Å². The highest BCUT2D eigenvalue weighted by Gasteiger charge is 2.20. The van der Waals surface area contributed by atoms with Gasteiger partial charge in [0.1, 0.15) is 4.90 Å². The number of ether oxygens (including phenoxy) is 2. The van der Waals surface area contributed by atoms with E-state index in [2.05, 4.69) is 9.82 Å². The molecule has 2 rings (SSSR count). The fraction of sp³-hybridized carbons (Fsp3) is 0.400. The lowest BCUT2D eigenvalue weighted by molar-refractivity contribution is 0.310. The van der Waals surface area contributed by atoms with Crippen molar-refractivity contribution < 1.29 is 17.9 Å². The molecule has 0 saturated carbocycles. The number of benzene rings is 1. The number of methoxy groups -OCH3 is 1. The highest BCUT2D eigenvalue weighted by molar-refractivity contribution is 7.89. The van der Waals surface area contributed by atoms with Crippen LogP contribution in [-0.4, -0.2) is 31.9 Å². The van der Waals surface area contributed by atoms with E-state index in [1.807, 2.05) is 13.0 Å². The second-order valence-electron chi connectivity index (χ2n) is 5.04. The summed E-state index contributed by atoms with van der Waals surface area (Å²) in [6.45, 7) is 4.18. The van der Waals surface area contributed by atoms with Crippen LogP contribution in [0, 0.1) is 0 Å². The molecule has 8 heteroatoms. The van der Waals surface area contributed by atoms with Crippen molar-refractivity contribution in [2.24, 2.45) is 7.05 Å². The van der Waals surface area contributed by atoms with E-state index in [-0.39, 0.29) is 4.90 Å². The van der Waals surface area contributed by atoms with Gasteiger partial charge < -0.3 is 9.47 Å². The van der Waals surface area contributed by atoms with E-state index < -0.39 is 16.1 Å². The summed E-state index contributed by atoms with van der Waals surface area (Å²) in [5.41, 5.74) is 0.776. The second kappa shape index (κ2) is 7.01. The van der Waals surface area contributed by atoms with Gasteiger partial charge in [-0.05, 0) is 31.5 Å². The Morgan fingerprint density at radius 1 is 1.35 bits per heavy atom. The van der Waals surface area contributed by atoms with Crippen LogP contribution >= 0.6 is 0 Å². The predicted octanol–water partition coefficient (Wildman–Crippen LogP) is 1.87. The lowest BCUT2D eigenvalue weighted by atomic mass is 10.1. The van der Waals surface area contributed by atoms with Gasteiger partial charge in [0.25, 0.3) is 0 Å². The van der Waals surface area contributed by atoms with Crippen molar-refractivity contribution in [1.82, 2.24) is 14.5 Å². The van der Waals surface area contributed by atoms with Crippen LogP contribution in [0.15, 0.2) is 35.5 Å². The average molecular weight is 339 g/mol. The van der Waals surface area contributed by atoms with Gasteiger partial charge in [-0.2, -0.15) is 5.10 Å². The van der Waals surface area contributed by atoms with Crippen molar-refractivity contribution in [3.8, 4) is 11.5 Å². The number of hydrogen-bond donors (Lipinski definition) is 1. The number of aromatic nitrogens is 2. The molecule has 0 bridgehead atoms. The third kappa shape index (κ3) is 4.02. The average Bonchev–Trinajstić information content (AvgIpc) is 2.95. The summed E-state index contributed by atoms with van der Waals surface area (Å²) in [4.78, 5) is 0.129. The first-order valence-corrected chi connectivity index (χ1v) is 8.67. The summed E-state index contributed by atoms with van der Waals surface area (Å²) in [6.07, 6.45) is 2.77. The van der Waals surface area contributed by atoms with Crippen molar-refractivity contribution >= 4 is 10.0 Å². The van der Waals surface area contributed by atoms with Gasteiger partial charge in [-0.3, -0.25) is 4.68 Å². The quantitative estimate of drug-likeness (QED) is 0.833. The molecule has 23 heavy (non-hydrogen) atoms. The summed E-state index contributed by atoms with van der Waals surface area (Å²) in [5.74, 6) is 1.19. The number of nitrogens with one attached hydrogen (secondary N) is 1. The first kappa shape index (κ1) is 17.3. The summed E-state index contributed by atoms with van der Waals surface area (Å²) >= 11 is 0. The Morgan fingerprint density at radius 2 is 2.09 bits per heavy atom. The van der Waals surface area contributed by atoms with Crippen molar-refractivity contribution in [2.45, 2.75) is 24.8 Å². The predicted molar refractivity (Wildman–Crippen MR) is 86.1 cm³/mol. The fourth-order valence-corrected chi connectivity index (χ4v) is 3.35. The zero-order valence-electron chi connectivity index (χ0n) is 13.6. The maximum Gasteiger partial charge on any atom is 0.244 e. The lowest BCUT2D eigenvalue weighted by Gasteiger charge is -2.16. The zero-order valence-corrected chi connectivity index (χ0v) is 14.4. The van der Waals surface area contributed by atoms with Gasteiger partial charge >= 0.3 is 0 Å². The van der Waals surface area contributed by atoms with E-state index in [1.54, 1.807) is 33.2 Å². The van der Waals surface area contributed by atoms with Crippen LogP contribution < -0.4 is 14.2 Å². The first-order valence-electron chi connectivity index (χ1n) is 7.19. The summed E-state index contributed by atoms with van der Waals surface area (Å²) in [6, 6.07) is 4.92. The Balaban J connectivity index is 2.22. The summed E-state index contributed by atoms with van der Waals surface area (Å²) in [5, 5.41) is 3.88. The van der Waals surface area contributed by atoms with E-state index in [0.717, 1.165) is 5.56 Å². The van der Waals surface area contributed by atoms with Crippen molar-refractivity contribution in [3.63, 3.8) is 0 Å². The standard InChI is InChI=1S/C15H21N3O4S/c1-5-22-14-7-6-12(8-15(14)21-4)11(2)17-23(19,20)13-9-16-18(3)10-13/h6-11,17H,5H2,1-4H3/t11-/m1/s1. The monoisotopic (exact) mass is 339 g/mol. The lowest BCUT2D eigenvalue weighted by Crippen LogP contribution is -2.26. The van der Waals surface area contributed by atoms with Crippen LogP contribution in [0.25, 0.3) is 0 Å². The van der Waals surface area contributed by atoms with E-state index in [0.29, 0.717) is 18.1 Å². The van der Waals surface area contributed by atoms with Crippen LogP contribution in [-0.2, 0) is 17.1 Å². The molecule has 1 aromatic heterocycles. The Kier molecular flexibility index (Phi) is 5.27. The van der Waals surface area contributed by atoms with Gasteiger partial charge in [0.15, 0.2) is 11.5 Å². The van der Waals surface area contributed by atoms with E-state index >= 15 is 0 Å². The summed E-state index contributed by atoms with van der Waals surface area (Å²) < 4.78 is 39.5. The minimum atomic E-state index is -3.63. The maximum atomic E-state index is 12.3. The molecule has 2 aromatic rings. The van der Waals surface area contributed by atoms with Gasteiger partial charge in [0.2, 0.25) is 10.0 Å². The Hall–Kier alpha value is -2.06. The number of hydrogen-bond acceptors (Lipinski definition) is 5. The van der Waals surface area contributed by atoms with Gasteiger partial charge in [-0.25, -0.2) is 13.1 Å². The minimum absolute atomic E-state index is 0.129. The molecule has 0 aliphatic carbocycles. The van der Waals surface area contributed by atoms with E-state index in [9.17, 15) is 8.42 Å². The number of nitrogens with zero attached hydrogens (tertiary/aromatic N) is 2. The van der Waals surface area contributed by atoms with Crippen LogP contribution in [0.4, 0.5) is 0 Å². The first-order chi connectivity index (χ1) is 10.9. The fourth-order valence-electron chi connectivity index (χ4n) is 2.13. The van der Waals surface area contributed by atoms with E-state index in [1.165, 1.54) is 17.1 Å². The SMILES string of the molecule is CCOc1ccc([C@@H](C)NS(=O)(=O)c2cnn(C)c2)cc1OC. The maximum absolute atomic E-state index is 12.3. The Morgan fingerprint density at radius 3 is 2.65 bits per heavy atom. The third-order valence-electron chi connectivity index (χ3n) is 3.31. The number of rotatable bonds is 7. The van der Waals surface area contributed by atoms with Crippen LogP contribution in [0.5, 0.6) is 11.5 Å². The van der Waals surface area contributed by atoms with Gasteiger partial charge in [0.05, 0.1) is 19.9 Å². The minimum Gasteiger partial charge on any atom is -0.493 e. The van der Waals surface area contributed by atoms with Crippen molar-refractivity contribution in [3.05, 3.63) is 36.2 Å². The summed E-state index contributed by atoms with van der Waals surface area (Å²) in [7, 11) is -0.418. The molecule has 1 heterocycles. The Labute approximate surface area is 136 Å². The van der Waals surface area contributed by atoms with Crippen LogP contribution in [0.3, 0.4) is 0 Å². The highest BCUT2D eigenvalue weighted by atomic mass is 32.2. The number of aryl methyl sites for hydroxylation is 1. The molecule has 7 nitrogen and oxygen atoms in total. The molecule has 0 radical (unpaired) electrons. The van der Waals surface area contributed by atoms with Gasteiger partial charge in [0, 0.05) is 19.3 Å². The number of sulfonamides is 1. The Bertz CT molecular complexity index is 771. The highest BCUT2D eigenvalue weighted by Crippen LogP contribution is 2.30. The molecule has 1 atom stereocenters. The van der Waals surface area contributed by atoms with Gasteiger partial charge in [-0.15, -0.1) is 0 Å². The molecule has 1 N–H and O–H groups in total. The van der Waals surface area contributed by atoms with Gasteiger partial charge in [-0.1, -0.05) is 6.07 Å². The van der Waals surface area contributed by atoms with Crippen molar-refractivity contribution in [1.29, 1.82) is 0 Å². The van der Waals surface area contributed by atoms with E-state index in [4.69, 9.17) is 9.47 Å². The third-order valence-corrected chi connectivity index (χ3v) is 4.81. The topological polar surface area (TPSA) is 82.5 Å². The molecular weight excluding hydrogens is 318 g/mol. The molecule has 0 saturated heterocycles. The molecule has 0 unspecified atom stereocenters. The smallest absolute Gasteiger partial charge is 0.244 e. The molecule has 0 spiro atoms. The molecule has 0 fully saturated rings. The second-order valence-corrected chi connectivity index (χ2v) is 6.75.